The minimum absolute atomic E-state index is 0.0187. The number of carbonyl (C=O) groups excluding carboxylic acids is 1. The summed E-state index contributed by atoms with van der Waals surface area (Å²) in [6, 6.07) is 6.57. The third-order valence-corrected chi connectivity index (χ3v) is 1.65. The highest BCUT2D eigenvalue weighted by Gasteiger charge is 2.05. The topological polar surface area (TPSA) is 55.8 Å². The fourth-order valence-corrected chi connectivity index (χ4v) is 0.949. The van der Waals surface area contributed by atoms with E-state index in [-0.39, 0.29) is 13.2 Å². The predicted molar refractivity (Wildman–Crippen MR) is 50.4 cm³/mol. The van der Waals surface area contributed by atoms with Crippen molar-refractivity contribution in [2.24, 2.45) is 0 Å². The highest BCUT2D eigenvalue weighted by molar-refractivity contribution is 5.89. The molecule has 0 spiro atoms. The van der Waals surface area contributed by atoms with Gasteiger partial charge in [-0.25, -0.2) is 4.79 Å². The maximum Gasteiger partial charge on any atom is 0.338 e. The van der Waals surface area contributed by atoms with Gasteiger partial charge in [0.1, 0.15) is 12.4 Å². The van der Waals surface area contributed by atoms with Gasteiger partial charge in [-0.3, -0.25) is 0 Å². The van der Waals surface area contributed by atoms with Crippen LogP contribution in [0.5, 0.6) is 5.75 Å². The van der Waals surface area contributed by atoms with Gasteiger partial charge in [0.25, 0.3) is 0 Å². The molecule has 1 rings (SSSR count). The Balaban J connectivity index is 2.62. The standard InChI is InChI=1S/C10H12O4/c1-13-9-4-2-8(3-5-9)10(12)14-7-6-11/h2-5,11H,6-7H2,1H3. The summed E-state index contributed by atoms with van der Waals surface area (Å²) < 4.78 is 9.66. The molecule has 0 aliphatic carbocycles. The average molecular weight is 196 g/mol. The zero-order valence-corrected chi connectivity index (χ0v) is 7.90. The summed E-state index contributed by atoms with van der Waals surface area (Å²) in [5, 5.41) is 8.45. The quantitative estimate of drug-likeness (QED) is 0.725. The van der Waals surface area contributed by atoms with Crippen LogP contribution in [-0.4, -0.2) is 31.4 Å². The van der Waals surface area contributed by atoms with Crippen molar-refractivity contribution < 1.29 is 19.4 Å². The summed E-state index contributed by atoms with van der Waals surface area (Å²) >= 11 is 0. The predicted octanol–water partition coefficient (Wildman–Crippen LogP) is 0.844. The summed E-state index contributed by atoms with van der Waals surface area (Å²) in [6.45, 7) is -0.146. The van der Waals surface area contributed by atoms with Crippen LogP contribution in [0.2, 0.25) is 0 Å². The van der Waals surface area contributed by atoms with E-state index in [1.807, 2.05) is 0 Å². The number of aliphatic hydroxyl groups is 1. The fourth-order valence-electron chi connectivity index (χ4n) is 0.949. The Bertz CT molecular complexity index is 291. The number of benzene rings is 1. The fraction of sp³-hybridized carbons (Fsp3) is 0.300. The second-order valence-electron chi connectivity index (χ2n) is 2.59. The monoisotopic (exact) mass is 196 g/mol. The molecule has 0 aromatic heterocycles. The van der Waals surface area contributed by atoms with Gasteiger partial charge in [0, 0.05) is 0 Å². The van der Waals surface area contributed by atoms with E-state index in [0.29, 0.717) is 11.3 Å². The molecule has 4 nitrogen and oxygen atoms in total. The van der Waals surface area contributed by atoms with Gasteiger partial charge in [-0.2, -0.15) is 0 Å². The molecule has 76 valence electrons. The van der Waals surface area contributed by atoms with E-state index in [4.69, 9.17) is 14.6 Å². The van der Waals surface area contributed by atoms with Crippen LogP contribution in [0.25, 0.3) is 0 Å². The molecule has 4 heteroatoms. The number of rotatable bonds is 4. The summed E-state index contributed by atoms with van der Waals surface area (Å²) in [6.07, 6.45) is 0. The molecule has 1 aromatic rings. The van der Waals surface area contributed by atoms with Crippen molar-refractivity contribution in [1.29, 1.82) is 0 Å². The first-order valence-electron chi connectivity index (χ1n) is 4.20. The van der Waals surface area contributed by atoms with Gasteiger partial charge in [0.2, 0.25) is 0 Å². The molecule has 0 atom stereocenters. The average Bonchev–Trinajstić information content (AvgIpc) is 2.26. The van der Waals surface area contributed by atoms with Crippen molar-refractivity contribution in [2.45, 2.75) is 0 Å². The molecule has 1 aromatic carbocycles. The van der Waals surface area contributed by atoms with E-state index < -0.39 is 5.97 Å². The van der Waals surface area contributed by atoms with Crippen molar-refractivity contribution in [3.63, 3.8) is 0 Å². The summed E-state index contributed by atoms with van der Waals surface area (Å²) in [5.41, 5.74) is 0.444. The van der Waals surface area contributed by atoms with Crippen molar-refractivity contribution >= 4 is 5.97 Å². The highest BCUT2D eigenvalue weighted by Crippen LogP contribution is 2.11. The number of hydrogen-bond acceptors (Lipinski definition) is 4. The summed E-state index contributed by atoms with van der Waals surface area (Å²) in [5.74, 6) is 0.241. The van der Waals surface area contributed by atoms with E-state index >= 15 is 0 Å². The smallest absolute Gasteiger partial charge is 0.338 e. The van der Waals surface area contributed by atoms with Crippen LogP contribution in [0.15, 0.2) is 24.3 Å². The second-order valence-corrected chi connectivity index (χ2v) is 2.59. The molecule has 0 aliphatic rings. The van der Waals surface area contributed by atoms with E-state index in [0.717, 1.165) is 0 Å². The third-order valence-electron chi connectivity index (χ3n) is 1.65. The second kappa shape index (κ2) is 5.24. The van der Waals surface area contributed by atoms with Crippen LogP contribution >= 0.6 is 0 Å². The Morgan fingerprint density at radius 1 is 1.36 bits per heavy atom. The largest absolute Gasteiger partial charge is 0.497 e. The third kappa shape index (κ3) is 2.74. The Morgan fingerprint density at radius 2 is 2.00 bits per heavy atom. The van der Waals surface area contributed by atoms with Gasteiger partial charge < -0.3 is 14.6 Å². The summed E-state index contributed by atoms with van der Waals surface area (Å²) in [7, 11) is 1.55. The SMILES string of the molecule is COc1ccc(C(=O)OCCO)cc1. The Morgan fingerprint density at radius 3 is 2.50 bits per heavy atom. The number of methoxy groups -OCH3 is 1. The Kier molecular flexibility index (Phi) is 3.94. The zero-order valence-electron chi connectivity index (χ0n) is 7.90. The van der Waals surface area contributed by atoms with Gasteiger partial charge in [-0.1, -0.05) is 0 Å². The molecule has 1 N–H and O–H groups in total. The number of ether oxygens (including phenoxy) is 2. The van der Waals surface area contributed by atoms with Crippen LogP contribution in [0.1, 0.15) is 10.4 Å². The van der Waals surface area contributed by atoms with Crippen LogP contribution in [-0.2, 0) is 4.74 Å². The van der Waals surface area contributed by atoms with E-state index in [2.05, 4.69) is 0 Å². The van der Waals surface area contributed by atoms with Crippen LogP contribution < -0.4 is 4.74 Å². The molecule has 0 saturated heterocycles. The molecular weight excluding hydrogens is 184 g/mol. The molecule has 0 saturated carbocycles. The van der Waals surface area contributed by atoms with Gasteiger partial charge >= 0.3 is 5.97 Å². The Hall–Kier alpha value is -1.55. The minimum atomic E-state index is -0.443. The molecule has 0 fully saturated rings. The van der Waals surface area contributed by atoms with Crippen molar-refractivity contribution in [2.75, 3.05) is 20.3 Å². The first kappa shape index (κ1) is 10.5. The lowest BCUT2D eigenvalue weighted by molar-refractivity contribution is 0.0433. The lowest BCUT2D eigenvalue weighted by atomic mass is 10.2. The van der Waals surface area contributed by atoms with Crippen LogP contribution in [0.4, 0.5) is 0 Å². The molecule has 0 aliphatic heterocycles. The molecule has 0 bridgehead atoms. The van der Waals surface area contributed by atoms with Crippen LogP contribution in [0, 0.1) is 0 Å². The number of esters is 1. The van der Waals surface area contributed by atoms with Crippen molar-refractivity contribution in [3.8, 4) is 5.75 Å². The molecule has 0 heterocycles. The lowest BCUT2D eigenvalue weighted by Gasteiger charge is -2.03. The number of aliphatic hydroxyl groups excluding tert-OH is 1. The normalized spacial score (nSPS) is 9.57. The molecule has 0 unspecified atom stereocenters. The minimum Gasteiger partial charge on any atom is -0.497 e. The zero-order chi connectivity index (χ0) is 10.4. The van der Waals surface area contributed by atoms with Crippen molar-refractivity contribution in [3.05, 3.63) is 29.8 Å². The molecule has 0 radical (unpaired) electrons. The maximum atomic E-state index is 11.2. The van der Waals surface area contributed by atoms with Gasteiger partial charge in [0.15, 0.2) is 0 Å². The van der Waals surface area contributed by atoms with E-state index in [1.165, 1.54) is 0 Å². The van der Waals surface area contributed by atoms with Crippen LogP contribution in [0.3, 0.4) is 0 Å². The van der Waals surface area contributed by atoms with Gasteiger partial charge in [-0.15, -0.1) is 0 Å². The van der Waals surface area contributed by atoms with Crippen molar-refractivity contribution in [1.82, 2.24) is 0 Å². The molecule has 14 heavy (non-hydrogen) atoms. The van der Waals surface area contributed by atoms with Gasteiger partial charge in [0.05, 0.1) is 19.3 Å². The van der Waals surface area contributed by atoms with E-state index in [9.17, 15) is 4.79 Å². The maximum absolute atomic E-state index is 11.2. The van der Waals surface area contributed by atoms with E-state index in [1.54, 1.807) is 31.4 Å². The lowest BCUT2D eigenvalue weighted by Crippen LogP contribution is -2.08. The highest BCUT2D eigenvalue weighted by atomic mass is 16.5. The Labute approximate surface area is 82.1 Å². The van der Waals surface area contributed by atoms with Gasteiger partial charge in [-0.05, 0) is 24.3 Å². The summed E-state index contributed by atoms with van der Waals surface area (Å²) in [4.78, 5) is 11.2. The number of hydrogen-bond donors (Lipinski definition) is 1. The first-order valence-corrected chi connectivity index (χ1v) is 4.20. The number of carbonyl (C=O) groups is 1. The molecule has 0 amide bonds. The first-order chi connectivity index (χ1) is 6.77. The molecular formula is C10H12O4.